The lowest BCUT2D eigenvalue weighted by Gasteiger charge is -2.34. The normalized spacial score (nSPS) is 11.8. The highest BCUT2D eigenvalue weighted by Gasteiger charge is 2.34. The van der Waals surface area contributed by atoms with Crippen molar-refractivity contribution in [1.29, 1.82) is 0 Å². The van der Waals surface area contributed by atoms with Crippen LogP contribution in [-0.2, 0) is 32.6 Å². The summed E-state index contributed by atoms with van der Waals surface area (Å²) in [5.41, 5.74) is 1.79. The number of amides is 2. The Morgan fingerprint density at radius 2 is 1.56 bits per heavy atom. The first-order valence-electron chi connectivity index (χ1n) is 14.5. The van der Waals surface area contributed by atoms with Gasteiger partial charge >= 0.3 is 0 Å². The third-order valence-corrected chi connectivity index (χ3v) is 9.26. The van der Waals surface area contributed by atoms with E-state index < -0.39 is 34.3 Å². The summed E-state index contributed by atoms with van der Waals surface area (Å²) in [4.78, 5) is 29.2. The van der Waals surface area contributed by atoms with E-state index in [-0.39, 0.29) is 29.5 Å². The standard InChI is InChI=1S/C34H35BrFN3O5S/c1-3-37-34(41)32(22-25-9-6-5-7-10-25)38(23-26-11-8-12-27(35)21-26)33(40)24-39(29-15-17-30(18-16-29)44-4-2)45(42,43)31-19-13-28(36)14-20-31/h5-21,32H,3-4,22-24H2,1-2H3,(H,37,41). The summed E-state index contributed by atoms with van der Waals surface area (Å²) in [7, 11) is -4.35. The average Bonchev–Trinajstić information content (AvgIpc) is 3.03. The van der Waals surface area contributed by atoms with Crippen LogP contribution >= 0.6 is 15.9 Å². The Balaban J connectivity index is 1.79. The van der Waals surface area contributed by atoms with Crippen LogP contribution in [0.2, 0.25) is 0 Å². The number of benzene rings is 4. The number of ether oxygens (including phenoxy) is 1. The molecule has 1 unspecified atom stereocenters. The second kappa shape index (κ2) is 15.7. The average molecular weight is 697 g/mol. The summed E-state index contributed by atoms with van der Waals surface area (Å²) < 4.78 is 49.1. The molecule has 0 saturated heterocycles. The van der Waals surface area contributed by atoms with Crippen molar-refractivity contribution in [1.82, 2.24) is 10.2 Å². The fraction of sp³-hybridized carbons (Fsp3) is 0.235. The molecule has 0 aliphatic heterocycles. The van der Waals surface area contributed by atoms with E-state index in [1.54, 1.807) is 31.2 Å². The molecule has 0 aromatic heterocycles. The third-order valence-electron chi connectivity index (χ3n) is 6.98. The second-order valence-electron chi connectivity index (χ2n) is 10.1. The Labute approximate surface area is 272 Å². The molecule has 0 saturated carbocycles. The summed E-state index contributed by atoms with van der Waals surface area (Å²) in [5.74, 6) is -1.02. The van der Waals surface area contributed by atoms with Gasteiger partial charge in [-0.15, -0.1) is 0 Å². The van der Waals surface area contributed by atoms with Crippen LogP contribution < -0.4 is 14.4 Å². The minimum absolute atomic E-state index is 0.0423. The monoisotopic (exact) mass is 695 g/mol. The third kappa shape index (κ3) is 8.92. The van der Waals surface area contributed by atoms with Crippen molar-refractivity contribution < 1.29 is 27.1 Å². The quantitative estimate of drug-likeness (QED) is 0.176. The Kier molecular flexibility index (Phi) is 11.7. The molecule has 4 aromatic carbocycles. The number of nitrogens with one attached hydrogen (secondary N) is 1. The van der Waals surface area contributed by atoms with Gasteiger partial charge in [-0.05, 0) is 85.6 Å². The summed E-state index contributed by atoms with van der Waals surface area (Å²) in [6.07, 6.45) is 0.209. The van der Waals surface area contributed by atoms with Crippen LogP contribution in [0.4, 0.5) is 10.1 Å². The lowest BCUT2D eigenvalue weighted by atomic mass is 10.0. The highest BCUT2D eigenvalue weighted by atomic mass is 79.9. The van der Waals surface area contributed by atoms with Crippen LogP contribution in [0.5, 0.6) is 5.75 Å². The highest BCUT2D eigenvalue weighted by Crippen LogP contribution is 2.27. The number of nitrogens with zero attached hydrogens (tertiary/aromatic N) is 2. The zero-order valence-electron chi connectivity index (χ0n) is 25.0. The maximum Gasteiger partial charge on any atom is 0.264 e. The topological polar surface area (TPSA) is 96.0 Å². The molecule has 1 N–H and O–H groups in total. The number of hydrogen-bond acceptors (Lipinski definition) is 5. The second-order valence-corrected chi connectivity index (χ2v) is 12.9. The maximum absolute atomic E-state index is 14.4. The SMILES string of the molecule is CCNC(=O)C(Cc1ccccc1)N(Cc1cccc(Br)c1)C(=O)CN(c1ccc(OCC)cc1)S(=O)(=O)c1ccc(F)cc1. The molecule has 0 aliphatic carbocycles. The molecule has 0 radical (unpaired) electrons. The van der Waals surface area contributed by atoms with Crippen LogP contribution in [0.1, 0.15) is 25.0 Å². The van der Waals surface area contributed by atoms with Gasteiger partial charge in [0.05, 0.1) is 17.2 Å². The largest absolute Gasteiger partial charge is 0.494 e. The number of hydrogen-bond donors (Lipinski definition) is 1. The van der Waals surface area contributed by atoms with Gasteiger partial charge in [-0.25, -0.2) is 12.8 Å². The summed E-state index contributed by atoms with van der Waals surface area (Å²) >= 11 is 3.47. The zero-order valence-corrected chi connectivity index (χ0v) is 27.4. The molecule has 236 valence electrons. The van der Waals surface area contributed by atoms with Crippen molar-refractivity contribution >= 4 is 43.5 Å². The van der Waals surface area contributed by atoms with Crippen molar-refractivity contribution in [2.45, 2.75) is 37.8 Å². The van der Waals surface area contributed by atoms with Crippen LogP contribution in [0.25, 0.3) is 0 Å². The van der Waals surface area contributed by atoms with Gasteiger partial charge in [0.15, 0.2) is 0 Å². The molecule has 2 amide bonds. The molecule has 1 atom stereocenters. The van der Waals surface area contributed by atoms with E-state index in [0.29, 0.717) is 18.9 Å². The van der Waals surface area contributed by atoms with Gasteiger partial charge in [-0.2, -0.15) is 0 Å². The number of carbonyl (C=O) groups is 2. The maximum atomic E-state index is 14.4. The van der Waals surface area contributed by atoms with Gasteiger partial charge in [0.25, 0.3) is 10.0 Å². The van der Waals surface area contributed by atoms with Crippen molar-refractivity contribution in [2.24, 2.45) is 0 Å². The van der Waals surface area contributed by atoms with E-state index in [2.05, 4.69) is 21.2 Å². The molecule has 4 aromatic rings. The van der Waals surface area contributed by atoms with Gasteiger partial charge < -0.3 is 15.0 Å². The van der Waals surface area contributed by atoms with Crippen LogP contribution in [0.3, 0.4) is 0 Å². The highest BCUT2D eigenvalue weighted by molar-refractivity contribution is 9.10. The molecular weight excluding hydrogens is 661 g/mol. The number of sulfonamides is 1. The fourth-order valence-electron chi connectivity index (χ4n) is 4.82. The van der Waals surface area contributed by atoms with E-state index >= 15 is 0 Å². The van der Waals surface area contributed by atoms with E-state index in [1.165, 1.54) is 4.90 Å². The first-order valence-corrected chi connectivity index (χ1v) is 16.7. The lowest BCUT2D eigenvalue weighted by molar-refractivity contribution is -0.140. The smallest absolute Gasteiger partial charge is 0.264 e. The van der Waals surface area contributed by atoms with Gasteiger partial charge in [0, 0.05) is 24.0 Å². The van der Waals surface area contributed by atoms with Crippen LogP contribution in [-0.4, -0.2) is 50.9 Å². The van der Waals surface area contributed by atoms with Crippen molar-refractivity contribution in [3.8, 4) is 5.75 Å². The number of halogens is 2. The molecule has 0 aliphatic rings. The first-order chi connectivity index (χ1) is 21.6. The molecule has 0 heterocycles. The lowest BCUT2D eigenvalue weighted by Crippen LogP contribution is -2.53. The predicted molar refractivity (Wildman–Crippen MR) is 176 cm³/mol. The Morgan fingerprint density at radius 3 is 2.18 bits per heavy atom. The molecule has 11 heteroatoms. The van der Waals surface area contributed by atoms with Crippen LogP contribution in [0, 0.1) is 5.82 Å². The summed E-state index contributed by atoms with van der Waals surface area (Å²) in [6, 6.07) is 26.5. The number of rotatable bonds is 14. The minimum Gasteiger partial charge on any atom is -0.494 e. The molecule has 0 bridgehead atoms. The van der Waals surface area contributed by atoms with Crippen molar-refractivity contribution in [3.63, 3.8) is 0 Å². The Morgan fingerprint density at radius 1 is 0.889 bits per heavy atom. The molecule has 0 spiro atoms. The first kappa shape index (κ1) is 33.7. The van der Waals surface area contributed by atoms with Gasteiger partial charge in [-0.1, -0.05) is 58.4 Å². The molecule has 8 nitrogen and oxygen atoms in total. The van der Waals surface area contributed by atoms with Gasteiger partial charge in [0.2, 0.25) is 11.8 Å². The van der Waals surface area contributed by atoms with Crippen molar-refractivity contribution in [2.75, 3.05) is 24.0 Å². The molecular formula is C34H35BrFN3O5S. The van der Waals surface area contributed by atoms with Crippen molar-refractivity contribution in [3.05, 3.63) is 125 Å². The predicted octanol–water partition coefficient (Wildman–Crippen LogP) is 5.96. The number of likely N-dealkylation sites (N-methyl/N-ethyl adjacent to an activating group) is 1. The Bertz CT molecular complexity index is 1690. The number of anilines is 1. The van der Waals surface area contributed by atoms with E-state index in [9.17, 15) is 22.4 Å². The van der Waals surface area contributed by atoms with Gasteiger partial charge in [0.1, 0.15) is 24.2 Å². The molecule has 0 fully saturated rings. The minimum atomic E-state index is -4.35. The fourth-order valence-corrected chi connectivity index (χ4v) is 6.68. The van der Waals surface area contributed by atoms with E-state index in [1.807, 2.05) is 61.5 Å². The van der Waals surface area contributed by atoms with Gasteiger partial charge in [-0.3, -0.25) is 13.9 Å². The van der Waals surface area contributed by atoms with E-state index in [0.717, 1.165) is 44.2 Å². The number of carbonyl (C=O) groups excluding carboxylic acids is 2. The summed E-state index contributed by atoms with van der Waals surface area (Å²) in [5, 5.41) is 2.84. The summed E-state index contributed by atoms with van der Waals surface area (Å²) in [6.45, 7) is 3.81. The van der Waals surface area contributed by atoms with Crippen LogP contribution in [0.15, 0.2) is 112 Å². The Hall–Kier alpha value is -4.22. The zero-order chi connectivity index (χ0) is 32.4. The van der Waals surface area contributed by atoms with E-state index in [4.69, 9.17) is 4.74 Å². The molecule has 4 rings (SSSR count). The molecule has 45 heavy (non-hydrogen) atoms.